The van der Waals surface area contributed by atoms with E-state index in [1.165, 1.54) is 0 Å². The van der Waals surface area contributed by atoms with Crippen molar-refractivity contribution in [1.82, 2.24) is 4.98 Å². The summed E-state index contributed by atoms with van der Waals surface area (Å²) >= 11 is 0. The van der Waals surface area contributed by atoms with Gasteiger partial charge in [-0.2, -0.15) is 0 Å². The Morgan fingerprint density at radius 2 is 2.20 bits per heavy atom. The number of nitrogens with one attached hydrogen (secondary N) is 2. The van der Waals surface area contributed by atoms with E-state index in [1.807, 2.05) is 32.9 Å². The van der Waals surface area contributed by atoms with Crippen molar-refractivity contribution in [3.63, 3.8) is 0 Å². The largest absolute Gasteiger partial charge is 0.370 e. The minimum atomic E-state index is -0.0153. The number of aromatic nitrogens is 1. The highest BCUT2D eigenvalue weighted by Gasteiger charge is 2.06. The molecule has 0 saturated heterocycles. The molecule has 82 valence electrons. The van der Waals surface area contributed by atoms with Gasteiger partial charge in [-0.05, 0) is 19.1 Å². The van der Waals surface area contributed by atoms with Crippen molar-refractivity contribution in [3.8, 4) is 0 Å². The van der Waals surface area contributed by atoms with Gasteiger partial charge in [-0.1, -0.05) is 13.8 Å². The van der Waals surface area contributed by atoms with Crippen LogP contribution in [0.4, 0.5) is 11.5 Å². The fraction of sp³-hybridized carbons (Fsp3) is 0.455. The molecule has 0 aliphatic rings. The summed E-state index contributed by atoms with van der Waals surface area (Å²) in [7, 11) is 0. The molecule has 0 aliphatic heterocycles. The molecule has 0 saturated carbocycles. The first kappa shape index (κ1) is 11.5. The van der Waals surface area contributed by atoms with Crippen molar-refractivity contribution in [2.75, 3.05) is 17.2 Å². The van der Waals surface area contributed by atoms with E-state index < -0.39 is 0 Å². The van der Waals surface area contributed by atoms with Gasteiger partial charge in [0.25, 0.3) is 0 Å². The Kier molecular flexibility index (Phi) is 4.09. The maximum atomic E-state index is 11.4. The fourth-order valence-corrected chi connectivity index (χ4v) is 1.04. The van der Waals surface area contributed by atoms with Crippen molar-refractivity contribution in [3.05, 3.63) is 18.3 Å². The van der Waals surface area contributed by atoms with Crippen LogP contribution in [-0.4, -0.2) is 17.4 Å². The highest BCUT2D eigenvalue weighted by molar-refractivity contribution is 5.91. The Labute approximate surface area is 90.1 Å². The normalized spacial score (nSPS) is 10.1. The first-order chi connectivity index (χ1) is 7.13. The van der Waals surface area contributed by atoms with Gasteiger partial charge in [0.2, 0.25) is 5.91 Å². The summed E-state index contributed by atoms with van der Waals surface area (Å²) in [6, 6.07) is 3.69. The molecule has 4 nitrogen and oxygen atoms in total. The fourth-order valence-electron chi connectivity index (χ4n) is 1.04. The predicted molar refractivity (Wildman–Crippen MR) is 61.9 cm³/mol. The molecule has 4 heteroatoms. The van der Waals surface area contributed by atoms with Crippen LogP contribution in [0.1, 0.15) is 20.8 Å². The lowest BCUT2D eigenvalue weighted by atomic mass is 10.2. The summed E-state index contributed by atoms with van der Waals surface area (Å²) in [4.78, 5) is 15.5. The van der Waals surface area contributed by atoms with Gasteiger partial charge in [0, 0.05) is 12.5 Å². The molecule has 1 rings (SSSR count). The molecule has 0 atom stereocenters. The number of carbonyl (C=O) groups is 1. The molecule has 1 aromatic heterocycles. The zero-order valence-electron chi connectivity index (χ0n) is 9.37. The number of hydrogen-bond donors (Lipinski definition) is 2. The Bertz CT molecular complexity index is 319. The zero-order valence-corrected chi connectivity index (χ0v) is 9.37. The Balaban J connectivity index is 2.60. The number of rotatable bonds is 4. The van der Waals surface area contributed by atoms with Crippen molar-refractivity contribution < 1.29 is 4.79 Å². The second-order valence-corrected chi connectivity index (χ2v) is 3.61. The summed E-state index contributed by atoms with van der Waals surface area (Å²) < 4.78 is 0. The molecule has 1 heterocycles. The van der Waals surface area contributed by atoms with E-state index in [4.69, 9.17) is 0 Å². The summed E-state index contributed by atoms with van der Waals surface area (Å²) in [5, 5.41) is 5.87. The summed E-state index contributed by atoms with van der Waals surface area (Å²) in [6.45, 7) is 6.56. The van der Waals surface area contributed by atoms with E-state index in [1.54, 1.807) is 6.20 Å². The first-order valence-corrected chi connectivity index (χ1v) is 5.14. The Morgan fingerprint density at radius 3 is 2.67 bits per heavy atom. The number of nitrogens with zero attached hydrogens (tertiary/aromatic N) is 1. The van der Waals surface area contributed by atoms with Gasteiger partial charge in [0.1, 0.15) is 5.82 Å². The van der Waals surface area contributed by atoms with Crippen LogP contribution in [-0.2, 0) is 4.79 Å². The number of hydrogen-bond acceptors (Lipinski definition) is 3. The molecule has 0 fully saturated rings. The quantitative estimate of drug-likeness (QED) is 0.795. The van der Waals surface area contributed by atoms with E-state index >= 15 is 0 Å². The number of pyridine rings is 1. The number of amides is 1. The average molecular weight is 207 g/mol. The molecular weight excluding hydrogens is 190 g/mol. The summed E-state index contributed by atoms with van der Waals surface area (Å²) in [5.41, 5.74) is 0.732. The molecule has 2 N–H and O–H groups in total. The van der Waals surface area contributed by atoms with Crippen molar-refractivity contribution >= 4 is 17.4 Å². The molecule has 0 radical (unpaired) electrons. The van der Waals surface area contributed by atoms with Gasteiger partial charge in [-0.15, -0.1) is 0 Å². The third-order valence-electron chi connectivity index (χ3n) is 1.91. The predicted octanol–water partition coefficient (Wildman–Crippen LogP) is 2.11. The van der Waals surface area contributed by atoms with Gasteiger partial charge >= 0.3 is 0 Å². The third kappa shape index (κ3) is 3.58. The van der Waals surface area contributed by atoms with E-state index in [9.17, 15) is 4.79 Å². The van der Waals surface area contributed by atoms with Crippen LogP contribution in [0.25, 0.3) is 0 Å². The van der Waals surface area contributed by atoms with Gasteiger partial charge in [-0.3, -0.25) is 4.79 Å². The van der Waals surface area contributed by atoms with E-state index in [0.29, 0.717) is 0 Å². The molecular formula is C11H17N3O. The van der Waals surface area contributed by atoms with Crippen LogP contribution in [0.5, 0.6) is 0 Å². The summed E-state index contributed by atoms with van der Waals surface area (Å²) in [5.74, 6) is 0.812. The lowest BCUT2D eigenvalue weighted by Crippen LogP contribution is -2.17. The van der Waals surface area contributed by atoms with Crippen LogP contribution in [0.2, 0.25) is 0 Å². The second kappa shape index (κ2) is 5.34. The highest BCUT2D eigenvalue weighted by Crippen LogP contribution is 2.10. The molecule has 15 heavy (non-hydrogen) atoms. The molecule has 1 aromatic rings. The number of carbonyl (C=O) groups excluding carboxylic acids is 1. The lowest BCUT2D eigenvalue weighted by Gasteiger charge is -2.08. The average Bonchev–Trinajstić information content (AvgIpc) is 2.21. The van der Waals surface area contributed by atoms with E-state index in [2.05, 4.69) is 15.6 Å². The minimum absolute atomic E-state index is 0.00741. The van der Waals surface area contributed by atoms with Gasteiger partial charge in [0.05, 0.1) is 11.9 Å². The standard InChI is InChI=1S/C11H17N3O/c1-4-12-10-6-5-9(7-13-10)14-11(15)8(2)3/h5-8H,4H2,1-3H3,(H,12,13)(H,14,15). The van der Waals surface area contributed by atoms with Crippen LogP contribution in [0, 0.1) is 5.92 Å². The Hall–Kier alpha value is -1.58. The Morgan fingerprint density at radius 1 is 1.47 bits per heavy atom. The SMILES string of the molecule is CCNc1ccc(NC(=O)C(C)C)cn1. The molecule has 0 aliphatic carbocycles. The zero-order chi connectivity index (χ0) is 11.3. The highest BCUT2D eigenvalue weighted by atomic mass is 16.1. The van der Waals surface area contributed by atoms with E-state index in [-0.39, 0.29) is 11.8 Å². The smallest absolute Gasteiger partial charge is 0.226 e. The molecule has 1 amide bonds. The topological polar surface area (TPSA) is 54.0 Å². The maximum Gasteiger partial charge on any atom is 0.226 e. The maximum absolute atomic E-state index is 11.4. The molecule has 0 unspecified atom stereocenters. The van der Waals surface area contributed by atoms with E-state index in [0.717, 1.165) is 18.1 Å². The van der Waals surface area contributed by atoms with Crippen molar-refractivity contribution in [2.24, 2.45) is 5.92 Å². The monoisotopic (exact) mass is 207 g/mol. The molecule has 0 aromatic carbocycles. The van der Waals surface area contributed by atoms with Crippen LogP contribution in [0.3, 0.4) is 0 Å². The molecule has 0 bridgehead atoms. The van der Waals surface area contributed by atoms with Gasteiger partial charge in [0.15, 0.2) is 0 Å². The second-order valence-electron chi connectivity index (χ2n) is 3.61. The third-order valence-corrected chi connectivity index (χ3v) is 1.91. The van der Waals surface area contributed by atoms with Crippen LogP contribution < -0.4 is 10.6 Å². The summed E-state index contributed by atoms with van der Waals surface area (Å²) in [6.07, 6.45) is 1.65. The van der Waals surface area contributed by atoms with Crippen LogP contribution >= 0.6 is 0 Å². The molecule has 0 spiro atoms. The van der Waals surface area contributed by atoms with Crippen molar-refractivity contribution in [1.29, 1.82) is 0 Å². The number of anilines is 2. The van der Waals surface area contributed by atoms with Gasteiger partial charge in [-0.25, -0.2) is 4.98 Å². The minimum Gasteiger partial charge on any atom is -0.370 e. The van der Waals surface area contributed by atoms with Crippen molar-refractivity contribution in [2.45, 2.75) is 20.8 Å². The van der Waals surface area contributed by atoms with Gasteiger partial charge < -0.3 is 10.6 Å². The first-order valence-electron chi connectivity index (χ1n) is 5.14. The van der Waals surface area contributed by atoms with Crippen LogP contribution in [0.15, 0.2) is 18.3 Å². The lowest BCUT2D eigenvalue weighted by molar-refractivity contribution is -0.118.